The molecule has 0 unspecified atom stereocenters. The number of benzene rings is 1. The zero-order chi connectivity index (χ0) is 19.1. The van der Waals surface area contributed by atoms with E-state index in [-0.39, 0.29) is 5.91 Å². The molecule has 1 heterocycles. The molecule has 0 spiro atoms. The molecule has 6 nitrogen and oxygen atoms in total. The van der Waals surface area contributed by atoms with Gasteiger partial charge in [-0.15, -0.1) is 0 Å². The summed E-state index contributed by atoms with van der Waals surface area (Å²) in [6.45, 7) is 12.0. The third-order valence-electron chi connectivity index (χ3n) is 3.95. The molecule has 2 rings (SSSR count). The third kappa shape index (κ3) is 5.72. The zero-order valence-corrected chi connectivity index (χ0v) is 16.3. The van der Waals surface area contributed by atoms with Crippen molar-refractivity contribution in [1.29, 1.82) is 0 Å². The lowest BCUT2D eigenvalue weighted by molar-refractivity contribution is -0.116. The van der Waals surface area contributed by atoms with Gasteiger partial charge < -0.3 is 15.5 Å². The average Bonchev–Trinajstić information content (AvgIpc) is 2.56. The molecule has 1 aromatic carbocycles. The molecule has 0 saturated heterocycles. The van der Waals surface area contributed by atoms with Gasteiger partial charge in [0.1, 0.15) is 17.5 Å². The van der Waals surface area contributed by atoms with E-state index in [1.165, 1.54) is 0 Å². The summed E-state index contributed by atoms with van der Waals surface area (Å²) in [7, 11) is 0. The van der Waals surface area contributed by atoms with Crippen molar-refractivity contribution in [3.05, 3.63) is 36.2 Å². The van der Waals surface area contributed by atoms with Gasteiger partial charge in [-0.3, -0.25) is 4.79 Å². The second-order valence-electron chi connectivity index (χ2n) is 6.68. The van der Waals surface area contributed by atoms with Crippen LogP contribution in [0.4, 0.5) is 23.0 Å². The Kier molecular flexibility index (Phi) is 6.95. The number of nitrogens with zero attached hydrogens (tertiary/aromatic N) is 3. The van der Waals surface area contributed by atoms with Gasteiger partial charge in [-0.2, -0.15) is 0 Å². The number of amides is 1. The minimum Gasteiger partial charge on any atom is -0.357 e. The van der Waals surface area contributed by atoms with E-state index in [0.717, 1.165) is 41.9 Å². The van der Waals surface area contributed by atoms with E-state index in [4.69, 9.17) is 0 Å². The highest BCUT2D eigenvalue weighted by atomic mass is 16.1. The first kappa shape index (κ1) is 19.7. The Morgan fingerprint density at radius 2 is 1.69 bits per heavy atom. The number of aromatic nitrogens is 2. The summed E-state index contributed by atoms with van der Waals surface area (Å²) in [4.78, 5) is 23.0. The van der Waals surface area contributed by atoms with Crippen molar-refractivity contribution in [2.45, 2.75) is 41.0 Å². The highest BCUT2D eigenvalue weighted by molar-refractivity contribution is 5.91. The molecule has 0 saturated carbocycles. The van der Waals surface area contributed by atoms with Crippen LogP contribution in [0, 0.1) is 12.8 Å². The molecule has 140 valence electrons. The number of carbonyl (C=O) groups excluding carboxylic acids is 1. The van der Waals surface area contributed by atoms with E-state index in [9.17, 15) is 4.79 Å². The van der Waals surface area contributed by atoms with Crippen LogP contribution < -0.4 is 15.5 Å². The summed E-state index contributed by atoms with van der Waals surface area (Å²) in [5.74, 6) is 2.79. The van der Waals surface area contributed by atoms with Crippen molar-refractivity contribution in [3.63, 3.8) is 0 Å². The highest BCUT2D eigenvalue weighted by Gasteiger charge is 2.08. The minimum absolute atomic E-state index is 0.0380. The number of aryl methyl sites for hydroxylation is 1. The molecular weight excluding hydrogens is 326 g/mol. The van der Waals surface area contributed by atoms with Crippen LogP contribution in [0.1, 0.15) is 39.9 Å². The van der Waals surface area contributed by atoms with Gasteiger partial charge in [0, 0.05) is 37.0 Å². The van der Waals surface area contributed by atoms with Gasteiger partial charge in [0.2, 0.25) is 5.91 Å². The van der Waals surface area contributed by atoms with Gasteiger partial charge in [-0.1, -0.05) is 13.8 Å². The molecular formula is C20H29N5O. The quantitative estimate of drug-likeness (QED) is 0.736. The second kappa shape index (κ2) is 9.17. The summed E-state index contributed by atoms with van der Waals surface area (Å²) in [6, 6.07) is 9.59. The fraction of sp³-hybridized carbons (Fsp3) is 0.450. The van der Waals surface area contributed by atoms with Gasteiger partial charge >= 0.3 is 0 Å². The van der Waals surface area contributed by atoms with E-state index < -0.39 is 0 Å². The lowest BCUT2D eigenvalue weighted by atomic mass is 10.1. The summed E-state index contributed by atoms with van der Waals surface area (Å²) in [5, 5.41) is 6.22. The smallest absolute Gasteiger partial charge is 0.224 e. The summed E-state index contributed by atoms with van der Waals surface area (Å²) < 4.78 is 0. The van der Waals surface area contributed by atoms with Crippen molar-refractivity contribution in [2.24, 2.45) is 5.92 Å². The topological polar surface area (TPSA) is 70.2 Å². The largest absolute Gasteiger partial charge is 0.357 e. The predicted octanol–water partition coefficient (Wildman–Crippen LogP) is 4.36. The molecule has 0 aliphatic carbocycles. The van der Waals surface area contributed by atoms with Crippen LogP contribution in [-0.2, 0) is 4.79 Å². The molecule has 0 aliphatic heterocycles. The monoisotopic (exact) mass is 355 g/mol. The molecule has 6 heteroatoms. The Balaban J connectivity index is 2.08. The van der Waals surface area contributed by atoms with Gasteiger partial charge in [0.25, 0.3) is 0 Å². The van der Waals surface area contributed by atoms with E-state index in [1.54, 1.807) is 0 Å². The van der Waals surface area contributed by atoms with Crippen LogP contribution in [0.15, 0.2) is 30.3 Å². The highest BCUT2D eigenvalue weighted by Crippen LogP contribution is 2.21. The first-order valence-electron chi connectivity index (χ1n) is 9.18. The van der Waals surface area contributed by atoms with E-state index >= 15 is 0 Å². The molecule has 0 fully saturated rings. The molecule has 1 amide bonds. The Morgan fingerprint density at radius 1 is 1.08 bits per heavy atom. The van der Waals surface area contributed by atoms with E-state index in [2.05, 4.69) is 39.3 Å². The molecule has 0 atom stereocenters. The molecule has 2 aromatic rings. The maximum atomic E-state index is 11.8. The number of hydrogen-bond donors (Lipinski definition) is 2. The first-order chi connectivity index (χ1) is 12.4. The van der Waals surface area contributed by atoms with Crippen molar-refractivity contribution < 1.29 is 4.79 Å². The van der Waals surface area contributed by atoms with Gasteiger partial charge in [-0.05, 0) is 51.0 Å². The lowest BCUT2D eigenvalue weighted by Crippen LogP contribution is -2.23. The number of nitrogens with one attached hydrogen (secondary N) is 2. The Labute approximate surface area is 156 Å². The van der Waals surface area contributed by atoms with Gasteiger partial charge in [0.15, 0.2) is 0 Å². The minimum atomic E-state index is 0.0380. The normalized spacial score (nSPS) is 10.7. The lowest BCUT2D eigenvalue weighted by Gasteiger charge is -2.20. The first-order valence-corrected chi connectivity index (χ1v) is 9.18. The van der Waals surface area contributed by atoms with Crippen LogP contribution in [0.5, 0.6) is 0 Å². The third-order valence-corrected chi connectivity index (χ3v) is 3.95. The molecule has 0 radical (unpaired) electrons. The van der Waals surface area contributed by atoms with Crippen molar-refractivity contribution >= 4 is 28.9 Å². The van der Waals surface area contributed by atoms with Crippen molar-refractivity contribution in [3.8, 4) is 0 Å². The van der Waals surface area contributed by atoms with Gasteiger partial charge in [0.05, 0.1) is 0 Å². The molecule has 0 bridgehead atoms. The van der Waals surface area contributed by atoms with Crippen LogP contribution in [-0.4, -0.2) is 29.0 Å². The Morgan fingerprint density at radius 3 is 2.27 bits per heavy atom. The fourth-order valence-corrected chi connectivity index (χ4v) is 2.69. The molecule has 1 aromatic heterocycles. The van der Waals surface area contributed by atoms with E-state index in [1.807, 2.05) is 51.1 Å². The number of rotatable bonds is 8. The van der Waals surface area contributed by atoms with Crippen molar-refractivity contribution in [2.75, 3.05) is 28.6 Å². The maximum absolute atomic E-state index is 11.8. The van der Waals surface area contributed by atoms with Crippen molar-refractivity contribution in [1.82, 2.24) is 9.97 Å². The Bertz CT molecular complexity index is 723. The Hall–Kier alpha value is -2.63. The number of hydrogen-bond acceptors (Lipinski definition) is 5. The number of anilines is 4. The maximum Gasteiger partial charge on any atom is 0.224 e. The van der Waals surface area contributed by atoms with Crippen LogP contribution in [0.3, 0.4) is 0 Å². The SMILES string of the molecule is CCN(CC)c1cc(Nc2ccc(NC(=O)CC(C)C)cc2)nc(C)n1. The fourth-order valence-electron chi connectivity index (χ4n) is 2.69. The average molecular weight is 355 g/mol. The van der Waals surface area contributed by atoms with Crippen LogP contribution in [0.25, 0.3) is 0 Å². The van der Waals surface area contributed by atoms with Crippen LogP contribution >= 0.6 is 0 Å². The summed E-state index contributed by atoms with van der Waals surface area (Å²) in [5.41, 5.74) is 1.71. The zero-order valence-electron chi connectivity index (χ0n) is 16.3. The predicted molar refractivity (Wildman–Crippen MR) is 108 cm³/mol. The van der Waals surface area contributed by atoms with Crippen LogP contribution in [0.2, 0.25) is 0 Å². The molecule has 2 N–H and O–H groups in total. The van der Waals surface area contributed by atoms with Gasteiger partial charge in [-0.25, -0.2) is 9.97 Å². The summed E-state index contributed by atoms with van der Waals surface area (Å²) >= 11 is 0. The standard InChI is InChI=1S/C20H29N5O/c1-6-25(7-2)19-13-18(21-15(5)22-19)23-16-8-10-17(11-9-16)24-20(26)12-14(3)4/h8-11,13-14H,6-7,12H2,1-5H3,(H,24,26)(H,21,22,23). The van der Waals surface area contributed by atoms with E-state index in [0.29, 0.717) is 12.3 Å². The second-order valence-corrected chi connectivity index (χ2v) is 6.68. The molecule has 26 heavy (non-hydrogen) atoms. The molecule has 0 aliphatic rings. The summed E-state index contributed by atoms with van der Waals surface area (Å²) in [6.07, 6.45) is 0.522. The number of carbonyl (C=O) groups is 1.